The summed E-state index contributed by atoms with van der Waals surface area (Å²) >= 11 is 1.30. The Labute approximate surface area is 190 Å². The number of halogens is 1. The molecule has 1 aliphatic rings. The zero-order valence-corrected chi connectivity index (χ0v) is 18.6. The van der Waals surface area contributed by atoms with Gasteiger partial charge in [-0.25, -0.2) is 9.37 Å². The third kappa shape index (κ3) is 7.86. The second-order valence-electron chi connectivity index (χ2n) is 7.36. The van der Waals surface area contributed by atoms with Gasteiger partial charge in [0.25, 0.3) is 6.47 Å². The summed E-state index contributed by atoms with van der Waals surface area (Å²) < 4.78 is 14.3. The average Bonchev–Trinajstić information content (AvgIpc) is 3.47. The number of aldehydes is 1. The van der Waals surface area contributed by atoms with Gasteiger partial charge in [-0.05, 0) is 29.2 Å². The number of nitrogens with zero attached hydrogens (tertiary/aromatic N) is 1. The van der Waals surface area contributed by atoms with Gasteiger partial charge in [0.2, 0.25) is 0 Å². The highest BCUT2D eigenvalue weighted by Gasteiger charge is 2.08. The van der Waals surface area contributed by atoms with Crippen molar-refractivity contribution < 1.29 is 24.2 Å². The van der Waals surface area contributed by atoms with Gasteiger partial charge >= 0.3 is 0 Å². The predicted molar refractivity (Wildman–Crippen MR) is 125 cm³/mol. The standard InChI is InChI=1S/C17H13FN2O2S.C6H12.CH2O2/c18-15-7-13(12-3-1-11(8-21)2-4-12)5-6-16(15)20-17-19-14(9-22)10-23-17;1-6-4-2-3-5-6;2-1-3/h1-8,10,22H,9H2,(H,19,20);6H,2-5H2,1H3;1H,(H,2,3). The molecule has 1 aromatic heterocycles. The lowest BCUT2D eigenvalue weighted by Crippen LogP contribution is -1.94. The number of rotatable bonds is 5. The van der Waals surface area contributed by atoms with Crippen molar-refractivity contribution in [1.82, 2.24) is 4.98 Å². The number of carbonyl (C=O) groups excluding carboxylic acids is 1. The minimum Gasteiger partial charge on any atom is -0.483 e. The Balaban J connectivity index is 0.000000339. The number of nitrogens with one attached hydrogen (secondary N) is 1. The first kappa shape index (κ1) is 25.2. The minimum atomic E-state index is -0.400. The second kappa shape index (κ2) is 13.3. The number of hydrogen-bond acceptors (Lipinski definition) is 6. The highest BCUT2D eigenvalue weighted by atomic mass is 32.1. The minimum absolute atomic E-state index is 0.142. The molecule has 1 fully saturated rings. The van der Waals surface area contributed by atoms with E-state index in [2.05, 4.69) is 17.2 Å². The zero-order chi connectivity index (χ0) is 23.3. The smallest absolute Gasteiger partial charge is 0.290 e. The van der Waals surface area contributed by atoms with Crippen molar-refractivity contribution in [2.24, 2.45) is 5.92 Å². The van der Waals surface area contributed by atoms with Crippen LogP contribution in [-0.4, -0.2) is 28.0 Å². The number of aliphatic hydroxyl groups is 1. The molecular formula is C24H27FN2O4S. The second-order valence-corrected chi connectivity index (χ2v) is 8.21. The number of carboxylic acid groups (broad SMARTS) is 1. The molecule has 1 saturated carbocycles. The first-order valence-corrected chi connectivity index (χ1v) is 11.1. The number of carbonyl (C=O) groups is 2. The monoisotopic (exact) mass is 458 g/mol. The van der Waals surface area contributed by atoms with E-state index in [0.717, 1.165) is 23.3 Å². The topological polar surface area (TPSA) is 99.5 Å². The highest BCUT2D eigenvalue weighted by Crippen LogP contribution is 2.28. The third-order valence-corrected chi connectivity index (χ3v) is 5.75. The van der Waals surface area contributed by atoms with Gasteiger partial charge in [0.1, 0.15) is 12.1 Å². The van der Waals surface area contributed by atoms with Gasteiger partial charge < -0.3 is 15.5 Å². The van der Waals surface area contributed by atoms with Crippen LogP contribution in [-0.2, 0) is 11.4 Å². The van der Waals surface area contributed by atoms with Gasteiger partial charge in [-0.2, -0.15) is 0 Å². The Kier molecular flexibility index (Phi) is 10.5. The molecule has 32 heavy (non-hydrogen) atoms. The average molecular weight is 459 g/mol. The van der Waals surface area contributed by atoms with Crippen LogP contribution in [0.5, 0.6) is 0 Å². The molecule has 3 aromatic rings. The van der Waals surface area contributed by atoms with E-state index in [1.165, 1.54) is 43.1 Å². The van der Waals surface area contributed by atoms with Crippen molar-refractivity contribution in [3.63, 3.8) is 0 Å². The molecule has 170 valence electrons. The summed E-state index contributed by atoms with van der Waals surface area (Å²) in [5, 5.41) is 21.0. The molecule has 0 amide bonds. The first-order valence-electron chi connectivity index (χ1n) is 10.3. The fourth-order valence-electron chi connectivity index (χ4n) is 3.23. The number of hydrogen-bond donors (Lipinski definition) is 3. The zero-order valence-electron chi connectivity index (χ0n) is 17.8. The van der Waals surface area contributed by atoms with Crippen molar-refractivity contribution in [1.29, 1.82) is 0 Å². The van der Waals surface area contributed by atoms with Crippen LogP contribution in [0.4, 0.5) is 15.2 Å². The summed E-state index contributed by atoms with van der Waals surface area (Å²) in [5.74, 6) is 0.646. The van der Waals surface area contributed by atoms with Gasteiger partial charge in [0.05, 0.1) is 18.0 Å². The quantitative estimate of drug-likeness (QED) is 0.412. The fraction of sp³-hybridized carbons (Fsp3) is 0.292. The number of benzene rings is 2. The lowest BCUT2D eigenvalue weighted by molar-refractivity contribution is -0.122. The summed E-state index contributed by atoms with van der Waals surface area (Å²) in [5.41, 5.74) is 3.00. The van der Waals surface area contributed by atoms with Gasteiger partial charge in [-0.3, -0.25) is 9.59 Å². The summed E-state index contributed by atoms with van der Waals surface area (Å²) in [4.78, 5) is 23.1. The van der Waals surface area contributed by atoms with Gasteiger partial charge in [0, 0.05) is 10.9 Å². The fourth-order valence-corrected chi connectivity index (χ4v) is 3.95. The Bertz CT molecular complexity index is 986. The van der Waals surface area contributed by atoms with Gasteiger partial charge in [0.15, 0.2) is 5.13 Å². The Morgan fingerprint density at radius 1 is 1.12 bits per heavy atom. The maximum atomic E-state index is 14.3. The van der Waals surface area contributed by atoms with Crippen LogP contribution in [0.25, 0.3) is 11.1 Å². The SMILES string of the molecule is CC1CCCC1.O=CO.O=Cc1ccc(-c2ccc(Nc3nc(CO)cs3)c(F)c2)cc1. The number of aliphatic hydroxyl groups excluding tert-OH is 1. The molecule has 0 aliphatic heterocycles. The van der Waals surface area contributed by atoms with Crippen LogP contribution in [0.2, 0.25) is 0 Å². The summed E-state index contributed by atoms with van der Waals surface area (Å²) in [6.07, 6.45) is 6.72. The molecule has 3 N–H and O–H groups in total. The summed E-state index contributed by atoms with van der Waals surface area (Å²) in [7, 11) is 0. The molecule has 0 bridgehead atoms. The van der Waals surface area contributed by atoms with Crippen molar-refractivity contribution in [2.75, 3.05) is 5.32 Å². The molecule has 0 unspecified atom stereocenters. The van der Waals surface area contributed by atoms with E-state index in [0.29, 0.717) is 22.1 Å². The molecule has 8 heteroatoms. The maximum absolute atomic E-state index is 14.3. The number of anilines is 2. The molecule has 1 heterocycles. The molecule has 2 aromatic carbocycles. The summed E-state index contributed by atoms with van der Waals surface area (Å²) in [6.45, 7) is 1.95. The molecule has 0 radical (unpaired) electrons. The van der Waals surface area contributed by atoms with Crippen molar-refractivity contribution in [2.45, 2.75) is 39.2 Å². The van der Waals surface area contributed by atoms with E-state index < -0.39 is 5.82 Å². The first-order chi connectivity index (χ1) is 15.5. The van der Waals surface area contributed by atoms with Crippen LogP contribution in [0.3, 0.4) is 0 Å². The normalized spacial score (nSPS) is 12.7. The Hall–Kier alpha value is -3.10. The Morgan fingerprint density at radius 2 is 1.75 bits per heavy atom. The Morgan fingerprint density at radius 3 is 2.22 bits per heavy atom. The van der Waals surface area contributed by atoms with Crippen molar-refractivity contribution in [3.8, 4) is 11.1 Å². The van der Waals surface area contributed by atoms with E-state index in [9.17, 15) is 9.18 Å². The van der Waals surface area contributed by atoms with E-state index >= 15 is 0 Å². The van der Waals surface area contributed by atoms with Crippen molar-refractivity contribution in [3.05, 3.63) is 64.9 Å². The van der Waals surface area contributed by atoms with Gasteiger partial charge in [-0.1, -0.05) is 62.9 Å². The lowest BCUT2D eigenvalue weighted by Gasteiger charge is -2.07. The van der Waals surface area contributed by atoms with E-state index in [1.54, 1.807) is 41.8 Å². The molecule has 4 rings (SSSR count). The third-order valence-electron chi connectivity index (χ3n) is 4.95. The lowest BCUT2D eigenvalue weighted by atomic mass is 10.0. The number of thiazole rings is 1. The predicted octanol–water partition coefficient (Wildman–Crippen LogP) is 5.89. The molecule has 1 aliphatic carbocycles. The molecular weight excluding hydrogens is 431 g/mol. The molecule has 6 nitrogen and oxygen atoms in total. The molecule has 0 saturated heterocycles. The van der Waals surface area contributed by atoms with Crippen LogP contribution in [0, 0.1) is 11.7 Å². The van der Waals surface area contributed by atoms with E-state index in [4.69, 9.17) is 15.0 Å². The van der Waals surface area contributed by atoms with Crippen LogP contribution in [0.15, 0.2) is 47.8 Å². The molecule has 0 atom stereocenters. The van der Waals surface area contributed by atoms with Crippen LogP contribution < -0.4 is 5.32 Å². The van der Waals surface area contributed by atoms with Gasteiger partial charge in [-0.15, -0.1) is 11.3 Å². The van der Waals surface area contributed by atoms with Crippen molar-refractivity contribution >= 4 is 34.9 Å². The number of aromatic nitrogens is 1. The maximum Gasteiger partial charge on any atom is 0.290 e. The summed E-state index contributed by atoms with van der Waals surface area (Å²) in [6, 6.07) is 11.8. The van der Waals surface area contributed by atoms with Crippen LogP contribution in [0.1, 0.15) is 48.7 Å². The van der Waals surface area contributed by atoms with E-state index in [1.807, 2.05) is 0 Å². The van der Waals surface area contributed by atoms with E-state index in [-0.39, 0.29) is 13.1 Å². The van der Waals surface area contributed by atoms with Crippen LogP contribution >= 0.6 is 11.3 Å². The molecule has 0 spiro atoms. The largest absolute Gasteiger partial charge is 0.483 e. The highest BCUT2D eigenvalue weighted by molar-refractivity contribution is 7.13.